The predicted octanol–water partition coefficient (Wildman–Crippen LogP) is 4.24. The molecular weight excluding hydrogens is 298 g/mol. The van der Waals surface area contributed by atoms with Crippen molar-refractivity contribution in [3.05, 3.63) is 47.0 Å². The van der Waals surface area contributed by atoms with Gasteiger partial charge in [0.05, 0.1) is 14.2 Å². The lowest BCUT2D eigenvalue weighted by molar-refractivity contribution is 0.183. The lowest BCUT2D eigenvalue weighted by atomic mass is 9.76. The van der Waals surface area contributed by atoms with Crippen molar-refractivity contribution in [1.82, 2.24) is 4.90 Å². The van der Waals surface area contributed by atoms with Crippen molar-refractivity contribution in [1.29, 1.82) is 0 Å². The number of fused-ring (bicyclic) bond motifs is 2. The van der Waals surface area contributed by atoms with Crippen molar-refractivity contribution in [2.45, 2.75) is 32.2 Å². The van der Waals surface area contributed by atoms with E-state index >= 15 is 0 Å². The minimum atomic E-state index is 0.496. The van der Waals surface area contributed by atoms with Crippen LogP contribution < -0.4 is 9.47 Å². The Morgan fingerprint density at radius 2 is 1.96 bits per heavy atom. The monoisotopic (exact) mass is 323 g/mol. The maximum atomic E-state index is 5.75. The third-order valence-electron chi connectivity index (χ3n) is 5.46. The van der Waals surface area contributed by atoms with Gasteiger partial charge in [0.2, 0.25) is 0 Å². The summed E-state index contributed by atoms with van der Waals surface area (Å²) in [6.07, 6.45) is 3.40. The van der Waals surface area contributed by atoms with Gasteiger partial charge in [0.15, 0.2) is 11.5 Å². The molecule has 0 bridgehead atoms. The maximum Gasteiger partial charge on any atom is 0.168 e. The molecule has 1 aliphatic heterocycles. The second-order valence-electron chi connectivity index (χ2n) is 6.72. The number of nitrogens with zero attached hydrogens (tertiary/aromatic N) is 1. The van der Waals surface area contributed by atoms with Crippen LogP contribution in [0.5, 0.6) is 11.5 Å². The highest BCUT2D eigenvalue weighted by Gasteiger charge is 2.35. The van der Waals surface area contributed by atoms with E-state index in [9.17, 15) is 0 Å². The van der Waals surface area contributed by atoms with Crippen molar-refractivity contribution in [3.63, 3.8) is 0 Å². The van der Waals surface area contributed by atoms with E-state index in [1.54, 1.807) is 14.2 Å². The maximum absolute atomic E-state index is 5.75. The summed E-state index contributed by atoms with van der Waals surface area (Å²) in [4.78, 5) is 2.66. The molecule has 0 spiro atoms. The molecule has 3 nitrogen and oxygen atoms in total. The molecule has 2 aliphatic rings. The molecule has 4 rings (SSSR count). The Labute approximate surface area is 144 Å². The van der Waals surface area contributed by atoms with Gasteiger partial charge in [0.1, 0.15) is 0 Å². The van der Waals surface area contributed by atoms with Crippen molar-refractivity contribution in [2.75, 3.05) is 27.3 Å². The van der Waals surface area contributed by atoms with Crippen molar-refractivity contribution in [2.24, 2.45) is 0 Å². The number of benzene rings is 2. The number of rotatable bonds is 4. The molecule has 1 heterocycles. The van der Waals surface area contributed by atoms with Crippen LogP contribution in [0.2, 0.25) is 0 Å². The smallest absolute Gasteiger partial charge is 0.168 e. The van der Waals surface area contributed by atoms with Crippen LogP contribution >= 0.6 is 0 Å². The highest BCUT2D eigenvalue weighted by atomic mass is 16.5. The Bertz CT molecular complexity index is 769. The summed E-state index contributed by atoms with van der Waals surface area (Å²) in [6.45, 7) is 4.60. The molecule has 24 heavy (non-hydrogen) atoms. The summed E-state index contributed by atoms with van der Waals surface area (Å²) in [5.41, 5.74) is 6.93. The van der Waals surface area contributed by atoms with E-state index in [2.05, 4.69) is 36.1 Å². The fraction of sp³-hybridized carbons (Fsp3) is 0.429. The van der Waals surface area contributed by atoms with Crippen molar-refractivity contribution in [3.8, 4) is 22.6 Å². The van der Waals surface area contributed by atoms with Crippen LogP contribution in [0.15, 0.2) is 30.3 Å². The van der Waals surface area contributed by atoms with Gasteiger partial charge >= 0.3 is 0 Å². The Kier molecular flexibility index (Phi) is 3.97. The quantitative estimate of drug-likeness (QED) is 0.840. The second kappa shape index (κ2) is 6.14. The van der Waals surface area contributed by atoms with Gasteiger partial charge in [-0.15, -0.1) is 0 Å². The minimum absolute atomic E-state index is 0.496. The first-order valence-electron chi connectivity index (χ1n) is 8.88. The largest absolute Gasteiger partial charge is 0.493 e. The van der Waals surface area contributed by atoms with Crippen LogP contribution in [0.4, 0.5) is 0 Å². The predicted molar refractivity (Wildman–Crippen MR) is 97.0 cm³/mol. The summed E-state index contributed by atoms with van der Waals surface area (Å²) >= 11 is 0. The van der Waals surface area contributed by atoms with E-state index in [-0.39, 0.29) is 0 Å². The molecule has 1 unspecified atom stereocenters. The van der Waals surface area contributed by atoms with E-state index < -0.39 is 0 Å². The molecule has 0 N–H and O–H groups in total. The topological polar surface area (TPSA) is 21.7 Å². The molecule has 2 aromatic rings. The van der Waals surface area contributed by atoms with Crippen molar-refractivity contribution < 1.29 is 9.47 Å². The number of methoxy groups -OCH3 is 2. The van der Waals surface area contributed by atoms with Crippen LogP contribution in [-0.2, 0) is 12.8 Å². The second-order valence-corrected chi connectivity index (χ2v) is 6.72. The molecule has 0 amide bonds. The average Bonchev–Trinajstić information content (AvgIpc) is 2.63. The third kappa shape index (κ3) is 2.22. The van der Waals surface area contributed by atoms with Gasteiger partial charge in [0.25, 0.3) is 0 Å². The zero-order valence-corrected chi connectivity index (χ0v) is 14.8. The van der Waals surface area contributed by atoms with Gasteiger partial charge < -0.3 is 9.47 Å². The van der Waals surface area contributed by atoms with Gasteiger partial charge in [-0.25, -0.2) is 0 Å². The molecule has 1 atom stereocenters. The van der Waals surface area contributed by atoms with E-state index in [0.717, 1.165) is 30.9 Å². The van der Waals surface area contributed by atoms with E-state index in [1.807, 2.05) is 6.07 Å². The summed E-state index contributed by atoms with van der Waals surface area (Å²) in [6, 6.07) is 11.5. The molecule has 1 aliphatic carbocycles. The minimum Gasteiger partial charge on any atom is -0.493 e. The lowest BCUT2D eigenvalue weighted by Crippen LogP contribution is -2.38. The number of ether oxygens (including phenoxy) is 2. The normalized spacial score (nSPS) is 18.7. The molecule has 3 heteroatoms. The van der Waals surface area contributed by atoms with Crippen LogP contribution in [0.25, 0.3) is 11.1 Å². The average molecular weight is 323 g/mol. The molecular formula is C21H25NO2. The Morgan fingerprint density at radius 1 is 1.08 bits per heavy atom. The zero-order chi connectivity index (χ0) is 16.7. The van der Waals surface area contributed by atoms with E-state index in [4.69, 9.17) is 9.47 Å². The zero-order valence-electron chi connectivity index (χ0n) is 14.8. The van der Waals surface area contributed by atoms with Gasteiger partial charge in [-0.2, -0.15) is 0 Å². The van der Waals surface area contributed by atoms with Gasteiger partial charge in [-0.1, -0.05) is 31.2 Å². The fourth-order valence-corrected chi connectivity index (χ4v) is 4.47. The van der Waals surface area contributed by atoms with E-state index in [1.165, 1.54) is 40.8 Å². The molecule has 2 aromatic carbocycles. The first kappa shape index (κ1) is 15.5. The Balaban J connectivity index is 1.94. The van der Waals surface area contributed by atoms with Gasteiger partial charge in [-0.3, -0.25) is 4.90 Å². The van der Waals surface area contributed by atoms with E-state index in [0.29, 0.717) is 6.04 Å². The molecule has 0 saturated carbocycles. The summed E-state index contributed by atoms with van der Waals surface area (Å²) in [5.74, 6) is 1.68. The first-order valence-corrected chi connectivity index (χ1v) is 8.88. The highest BCUT2D eigenvalue weighted by Crippen LogP contribution is 2.50. The Morgan fingerprint density at radius 3 is 2.71 bits per heavy atom. The van der Waals surface area contributed by atoms with Gasteiger partial charge in [0, 0.05) is 18.2 Å². The lowest BCUT2D eigenvalue weighted by Gasteiger charge is -2.42. The SMILES string of the molecule is CCCN1CCc2cccc3c2C1Cc1ccc(OC)c(OC)c1-3. The number of hydrogen-bond donors (Lipinski definition) is 0. The van der Waals surface area contributed by atoms with Gasteiger partial charge in [-0.05, 0) is 54.1 Å². The van der Waals surface area contributed by atoms with Crippen molar-refractivity contribution >= 4 is 0 Å². The standard InChI is InChI=1S/C21H25NO2/c1-4-11-22-12-10-14-6-5-7-16-19(14)17(22)13-15-8-9-18(23-2)21(24-3)20(15)16/h5-9,17H,4,10-13H2,1-3H3. The van der Waals surface area contributed by atoms with Crippen LogP contribution in [0.1, 0.15) is 36.1 Å². The Hall–Kier alpha value is -2.00. The summed E-state index contributed by atoms with van der Waals surface area (Å²) < 4.78 is 11.3. The molecule has 0 aromatic heterocycles. The number of hydrogen-bond acceptors (Lipinski definition) is 3. The molecule has 0 fully saturated rings. The molecule has 0 saturated heterocycles. The molecule has 126 valence electrons. The fourth-order valence-electron chi connectivity index (χ4n) is 4.47. The molecule has 0 radical (unpaired) electrons. The van der Waals surface area contributed by atoms with Crippen LogP contribution in [0, 0.1) is 0 Å². The highest BCUT2D eigenvalue weighted by molar-refractivity contribution is 5.82. The summed E-state index contributed by atoms with van der Waals surface area (Å²) in [7, 11) is 3.45. The van der Waals surface area contributed by atoms with Crippen LogP contribution in [-0.4, -0.2) is 32.2 Å². The van der Waals surface area contributed by atoms with Crippen LogP contribution in [0.3, 0.4) is 0 Å². The first-order chi connectivity index (χ1) is 11.8. The third-order valence-corrected chi connectivity index (χ3v) is 5.46. The summed E-state index contributed by atoms with van der Waals surface area (Å²) in [5, 5.41) is 0.